The van der Waals surface area contributed by atoms with Gasteiger partial charge in [-0.3, -0.25) is 4.79 Å². The van der Waals surface area contributed by atoms with Crippen molar-refractivity contribution in [2.45, 2.75) is 6.42 Å². The zero-order valence-corrected chi connectivity index (χ0v) is 14.5. The third-order valence-electron chi connectivity index (χ3n) is 2.46. The first kappa shape index (κ1) is 15.0. The van der Waals surface area contributed by atoms with Gasteiger partial charge in [-0.2, -0.15) is 0 Å². The predicted octanol–water partition coefficient (Wildman–Crippen LogP) is 5.31. The highest BCUT2D eigenvalue weighted by Gasteiger charge is 2.12. The van der Waals surface area contributed by atoms with E-state index in [1.54, 1.807) is 6.07 Å². The highest BCUT2D eigenvalue weighted by Crippen LogP contribution is 2.32. The van der Waals surface area contributed by atoms with Crippen molar-refractivity contribution in [3.8, 4) is 0 Å². The summed E-state index contributed by atoms with van der Waals surface area (Å²) in [5.74, 6) is 0.490. The van der Waals surface area contributed by atoms with Gasteiger partial charge in [-0.25, -0.2) is 0 Å². The van der Waals surface area contributed by atoms with Crippen molar-refractivity contribution in [3.63, 3.8) is 0 Å². The summed E-state index contributed by atoms with van der Waals surface area (Å²) in [5, 5.41) is 2.86. The number of carbonyl (C=O) groups is 1. The van der Waals surface area contributed by atoms with Crippen molar-refractivity contribution >= 4 is 66.4 Å². The number of amides is 1. The van der Waals surface area contributed by atoms with Crippen LogP contribution < -0.4 is 5.32 Å². The molecule has 0 saturated carbocycles. The lowest BCUT2D eigenvalue weighted by Crippen LogP contribution is -2.09. The lowest BCUT2D eigenvalue weighted by molar-refractivity contribution is 0.103. The molecule has 1 aromatic carbocycles. The molecule has 100 valence electrons. The Kier molecular flexibility index (Phi) is 5.45. The minimum Gasteiger partial charge on any atom is -0.321 e. The number of halogens is 3. The average Bonchev–Trinajstić information content (AvgIpc) is 2.72. The summed E-state index contributed by atoms with van der Waals surface area (Å²) in [6.45, 7) is 0. The maximum atomic E-state index is 12.0. The Balaban J connectivity index is 2.06. The first-order valence-electron chi connectivity index (χ1n) is 5.51. The Labute approximate surface area is 137 Å². The number of rotatable bonds is 4. The van der Waals surface area contributed by atoms with Crippen LogP contribution in [0, 0.1) is 0 Å². The molecule has 0 aliphatic carbocycles. The molecule has 0 aliphatic heterocycles. The molecule has 1 amide bonds. The molecule has 0 radical (unpaired) electrons. The van der Waals surface area contributed by atoms with E-state index in [0.29, 0.717) is 10.8 Å². The van der Waals surface area contributed by atoms with Crippen LogP contribution in [0.3, 0.4) is 0 Å². The fraction of sp³-hybridized carbons (Fsp3) is 0.154. The minimum absolute atomic E-state index is 0.110. The van der Waals surface area contributed by atoms with Gasteiger partial charge in [0, 0.05) is 16.0 Å². The largest absolute Gasteiger partial charge is 0.321 e. The van der Waals surface area contributed by atoms with E-state index >= 15 is 0 Å². The van der Waals surface area contributed by atoms with E-state index in [1.807, 2.05) is 24.3 Å². The molecule has 0 atom stereocenters. The summed E-state index contributed by atoms with van der Waals surface area (Å²) in [6.07, 6.45) is 0.834. The van der Waals surface area contributed by atoms with Gasteiger partial charge in [0.15, 0.2) is 0 Å². The van der Waals surface area contributed by atoms with Crippen LogP contribution in [0.15, 0.2) is 38.6 Å². The SMILES string of the molecule is O=C(Nc1ccc(CCCl)cc1)c1cc(Br)c(Br)s1. The topological polar surface area (TPSA) is 29.1 Å². The second kappa shape index (κ2) is 6.88. The van der Waals surface area contributed by atoms with Gasteiger partial charge in [-0.05, 0) is 62.0 Å². The van der Waals surface area contributed by atoms with Gasteiger partial charge < -0.3 is 5.32 Å². The van der Waals surface area contributed by atoms with Crippen LogP contribution in [0.4, 0.5) is 5.69 Å². The van der Waals surface area contributed by atoms with E-state index in [1.165, 1.54) is 11.3 Å². The zero-order valence-electron chi connectivity index (χ0n) is 9.75. The molecule has 0 aliphatic rings. The van der Waals surface area contributed by atoms with Crippen LogP contribution in [0.5, 0.6) is 0 Å². The van der Waals surface area contributed by atoms with Crippen LogP contribution in [0.2, 0.25) is 0 Å². The van der Waals surface area contributed by atoms with E-state index in [9.17, 15) is 4.79 Å². The van der Waals surface area contributed by atoms with Crippen molar-refractivity contribution in [2.75, 3.05) is 11.2 Å². The number of nitrogens with one attached hydrogen (secondary N) is 1. The van der Waals surface area contributed by atoms with Gasteiger partial charge in [0.1, 0.15) is 0 Å². The third-order valence-corrected chi connectivity index (χ3v) is 5.91. The summed E-state index contributed by atoms with van der Waals surface area (Å²) >= 11 is 13.8. The Morgan fingerprint density at radius 2 is 1.95 bits per heavy atom. The summed E-state index contributed by atoms with van der Waals surface area (Å²) in [6, 6.07) is 9.51. The average molecular weight is 424 g/mol. The second-order valence-electron chi connectivity index (χ2n) is 3.82. The van der Waals surface area contributed by atoms with E-state index in [-0.39, 0.29) is 5.91 Å². The Bertz CT molecular complexity index is 563. The molecule has 1 aromatic heterocycles. The van der Waals surface area contributed by atoms with Crippen molar-refractivity contribution in [1.82, 2.24) is 0 Å². The molecule has 6 heteroatoms. The van der Waals surface area contributed by atoms with Gasteiger partial charge in [-0.15, -0.1) is 22.9 Å². The highest BCUT2D eigenvalue weighted by atomic mass is 79.9. The number of carbonyl (C=O) groups excluding carboxylic acids is 1. The Hall–Kier alpha value is -0.360. The summed E-state index contributed by atoms with van der Waals surface area (Å²) in [7, 11) is 0. The first-order valence-corrected chi connectivity index (χ1v) is 8.45. The van der Waals surface area contributed by atoms with Crippen molar-refractivity contribution < 1.29 is 4.79 Å². The fourth-order valence-corrected chi connectivity index (χ4v) is 3.66. The molecule has 2 rings (SSSR count). The summed E-state index contributed by atoms with van der Waals surface area (Å²) in [4.78, 5) is 12.7. The number of thiophene rings is 1. The summed E-state index contributed by atoms with van der Waals surface area (Å²) in [5.41, 5.74) is 1.94. The molecule has 0 spiro atoms. The predicted molar refractivity (Wildman–Crippen MR) is 88.5 cm³/mol. The van der Waals surface area contributed by atoms with Gasteiger partial charge in [0.25, 0.3) is 5.91 Å². The van der Waals surface area contributed by atoms with E-state index < -0.39 is 0 Å². The maximum Gasteiger partial charge on any atom is 0.265 e. The maximum absolute atomic E-state index is 12.0. The van der Waals surface area contributed by atoms with Crippen LogP contribution >= 0.6 is 54.8 Å². The van der Waals surface area contributed by atoms with Crippen LogP contribution in [-0.4, -0.2) is 11.8 Å². The van der Waals surface area contributed by atoms with Crippen molar-refractivity contribution in [2.24, 2.45) is 0 Å². The molecule has 1 N–H and O–H groups in total. The number of aryl methyl sites for hydroxylation is 1. The van der Waals surface area contributed by atoms with E-state index in [4.69, 9.17) is 11.6 Å². The molecule has 0 bridgehead atoms. The van der Waals surface area contributed by atoms with Gasteiger partial charge in [-0.1, -0.05) is 12.1 Å². The standard InChI is InChI=1S/C13H10Br2ClNOS/c14-10-7-11(19-12(10)15)13(18)17-9-3-1-8(2-4-9)5-6-16/h1-4,7H,5-6H2,(H,17,18). The number of alkyl halides is 1. The molecule has 2 aromatic rings. The van der Waals surface area contributed by atoms with Gasteiger partial charge in [0.2, 0.25) is 0 Å². The number of benzene rings is 1. The number of anilines is 1. The molecular weight excluding hydrogens is 413 g/mol. The van der Waals surface area contributed by atoms with E-state index in [2.05, 4.69) is 37.2 Å². The van der Waals surface area contributed by atoms with Crippen LogP contribution in [-0.2, 0) is 6.42 Å². The monoisotopic (exact) mass is 421 g/mol. The van der Waals surface area contributed by atoms with Crippen molar-refractivity contribution in [1.29, 1.82) is 0 Å². The summed E-state index contributed by atoms with van der Waals surface area (Å²) < 4.78 is 1.80. The molecule has 2 nitrogen and oxygen atoms in total. The Morgan fingerprint density at radius 1 is 1.26 bits per heavy atom. The lowest BCUT2D eigenvalue weighted by atomic mass is 10.1. The minimum atomic E-state index is -0.110. The smallest absolute Gasteiger partial charge is 0.265 e. The molecule has 0 unspecified atom stereocenters. The zero-order chi connectivity index (χ0) is 13.8. The third kappa shape index (κ3) is 4.05. The molecule has 19 heavy (non-hydrogen) atoms. The second-order valence-corrected chi connectivity index (χ2v) is 7.42. The number of hydrogen-bond acceptors (Lipinski definition) is 2. The normalized spacial score (nSPS) is 10.5. The van der Waals surface area contributed by atoms with Crippen molar-refractivity contribution in [3.05, 3.63) is 49.0 Å². The van der Waals surface area contributed by atoms with Gasteiger partial charge >= 0.3 is 0 Å². The highest BCUT2D eigenvalue weighted by molar-refractivity contribution is 9.13. The van der Waals surface area contributed by atoms with Gasteiger partial charge in [0.05, 0.1) is 8.66 Å². The fourth-order valence-electron chi connectivity index (χ4n) is 1.52. The lowest BCUT2D eigenvalue weighted by Gasteiger charge is -2.04. The first-order chi connectivity index (χ1) is 9.10. The molecular formula is C13H10Br2ClNOS. The number of hydrogen-bond donors (Lipinski definition) is 1. The van der Waals surface area contributed by atoms with E-state index in [0.717, 1.165) is 25.9 Å². The molecule has 0 fully saturated rings. The Morgan fingerprint density at radius 3 is 2.47 bits per heavy atom. The van der Waals surface area contributed by atoms with Crippen LogP contribution in [0.1, 0.15) is 15.2 Å². The molecule has 0 saturated heterocycles. The quantitative estimate of drug-likeness (QED) is 0.664. The molecule has 1 heterocycles. The van der Waals surface area contributed by atoms with Crippen LogP contribution in [0.25, 0.3) is 0 Å².